The van der Waals surface area contributed by atoms with Crippen molar-refractivity contribution in [3.63, 3.8) is 0 Å². The van der Waals surface area contributed by atoms with Crippen LogP contribution in [0, 0.1) is 13.8 Å². The Morgan fingerprint density at radius 2 is 1.81 bits per heavy atom. The van der Waals surface area contributed by atoms with E-state index in [-0.39, 0.29) is 5.91 Å². The highest BCUT2D eigenvalue weighted by molar-refractivity contribution is 5.95. The van der Waals surface area contributed by atoms with Crippen LogP contribution in [0.5, 0.6) is 5.75 Å². The summed E-state index contributed by atoms with van der Waals surface area (Å²) in [5, 5.41) is 2.88. The summed E-state index contributed by atoms with van der Waals surface area (Å²) in [6.45, 7) is 5.94. The number of ether oxygens (including phenoxy) is 2. The standard InChI is InChI=1S/C21H25NO4/c1-5-26-21(24)17-9-6-14(2)18(13-17)22-20(23)11-8-16-7-10-19(25-4)15(3)12-16/h6-7,9-10,12-13H,5,8,11H2,1-4H3,(H,22,23). The Morgan fingerprint density at radius 1 is 1.04 bits per heavy atom. The lowest BCUT2D eigenvalue weighted by atomic mass is 10.1. The zero-order valence-corrected chi connectivity index (χ0v) is 15.7. The van der Waals surface area contributed by atoms with Crippen molar-refractivity contribution in [2.45, 2.75) is 33.6 Å². The van der Waals surface area contributed by atoms with Crippen molar-refractivity contribution in [2.75, 3.05) is 19.0 Å². The molecule has 138 valence electrons. The third kappa shape index (κ3) is 5.09. The third-order valence-corrected chi connectivity index (χ3v) is 4.12. The van der Waals surface area contributed by atoms with Gasteiger partial charge in [-0.2, -0.15) is 0 Å². The maximum Gasteiger partial charge on any atom is 0.338 e. The minimum Gasteiger partial charge on any atom is -0.496 e. The van der Waals surface area contributed by atoms with Gasteiger partial charge in [0.15, 0.2) is 0 Å². The summed E-state index contributed by atoms with van der Waals surface area (Å²) in [5.74, 6) is 0.351. The van der Waals surface area contributed by atoms with Gasteiger partial charge >= 0.3 is 5.97 Å². The number of rotatable bonds is 7. The lowest BCUT2D eigenvalue weighted by molar-refractivity contribution is -0.116. The number of nitrogens with one attached hydrogen (secondary N) is 1. The van der Waals surface area contributed by atoms with Gasteiger partial charge in [0.1, 0.15) is 5.75 Å². The first-order chi connectivity index (χ1) is 12.4. The molecular formula is C21H25NO4. The van der Waals surface area contributed by atoms with Crippen LogP contribution in [0.1, 0.15) is 40.4 Å². The Balaban J connectivity index is 2.00. The van der Waals surface area contributed by atoms with E-state index in [4.69, 9.17) is 9.47 Å². The van der Waals surface area contributed by atoms with E-state index in [0.717, 1.165) is 22.4 Å². The first kappa shape index (κ1) is 19.5. The number of esters is 1. The molecule has 2 aromatic rings. The van der Waals surface area contributed by atoms with E-state index in [2.05, 4.69) is 5.32 Å². The molecule has 0 saturated heterocycles. The molecule has 0 atom stereocenters. The maximum atomic E-state index is 12.3. The summed E-state index contributed by atoms with van der Waals surface area (Å²) in [6.07, 6.45) is 0.988. The molecule has 2 aromatic carbocycles. The fraction of sp³-hybridized carbons (Fsp3) is 0.333. The van der Waals surface area contributed by atoms with Gasteiger partial charge in [-0.1, -0.05) is 18.2 Å². The number of aryl methyl sites for hydroxylation is 3. The maximum absolute atomic E-state index is 12.3. The highest BCUT2D eigenvalue weighted by atomic mass is 16.5. The molecule has 1 amide bonds. The molecule has 26 heavy (non-hydrogen) atoms. The first-order valence-electron chi connectivity index (χ1n) is 8.65. The number of hydrogen-bond donors (Lipinski definition) is 1. The smallest absolute Gasteiger partial charge is 0.338 e. The lowest BCUT2D eigenvalue weighted by Gasteiger charge is -2.11. The number of hydrogen-bond acceptors (Lipinski definition) is 4. The highest BCUT2D eigenvalue weighted by Crippen LogP contribution is 2.20. The van der Waals surface area contributed by atoms with Gasteiger partial charge < -0.3 is 14.8 Å². The fourth-order valence-electron chi connectivity index (χ4n) is 2.66. The van der Waals surface area contributed by atoms with Crippen LogP contribution in [0.3, 0.4) is 0 Å². The van der Waals surface area contributed by atoms with Gasteiger partial charge in [-0.3, -0.25) is 4.79 Å². The zero-order valence-electron chi connectivity index (χ0n) is 15.7. The number of amides is 1. The van der Waals surface area contributed by atoms with Crippen molar-refractivity contribution >= 4 is 17.6 Å². The normalized spacial score (nSPS) is 10.3. The molecule has 0 aliphatic carbocycles. The molecule has 2 rings (SSSR count). The highest BCUT2D eigenvalue weighted by Gasteiger charge is 2.11. The Morgan fingerprint density at radius 3 is 2.46 bits per heavy atom. The Bertz CT molecular complexity index is 799. The van der Waals surface area contributed by atoms with E-state index in [1.165, 1.54) is 0 Å². The molecule has 0 aliphatic heterocycles. The van der Waals surface area contributed by atoms with Crippen molar-refractivity contribution in [1.29, 1.82) is 0 Å². The van der Waals surface area contributed by atoms with Crippen LogP contribution < -0.4 is 10.1 Å². The summed E-state index contributed by atoms with van der Waals surface area (Å²) >= 11 is 0. The predicted octanol–water partition coefficient (Wildman–Crippen LogP) is 4.06. The van der Waals surface area contributed by atoms with Gasteiger partial charge in [0, 0.05) is 12.1 Å². The van der Waals surface area contributed by atoms with Crippen molar-refractivity contribution in [2.24, 2.45) is 0 Å². The topological polar surface area (TPSA) is 64.6 Å². The number of benzene rings is 2. The summed E-state index contributed by atoms with van der Waals surface area (Å²) in [7, 11) is 1.64. The van der Waals surface area contributed by atoms with E-state index in [1.807, 2.05) is 32.0 Å². The second kappa shape index (κ2) is 9.04. The zero-order chi connectivity index (χ0) is 19.1. The summed E-state index contributed by atoms with van der Waals surface area (Å²) in [4.78, 5) is 24.1. The largest absolute Gasteiger partial charge is 0.496 e. The van der Waals surface area contributed by atoms with E-state index in [9.17, 15) is 9.59 Å². The van der Waals surface area contributed by atoms with E-state index < -0.39 is 5.97 Å². The molecule has 0 fully saturated rings. The first-order valence-corrected chi connectivity index (χ1v) is 8.65. The molecule has 1 N–H and O–H groups in total. The Kier molecular flexibility index (Phi) is 6.78. The van der Waals surface area contributed by atoms with E-state index in [0.29, 0.717) is 30.7 Å². The molecule has 0 saturated carbocycles. The number of carbonyl (C=O) groups is 2. The SMILES string of the molecule is CCOC(=O)c1ccc(C)c(NC(=O)CCc2ccc(OC)c(C)c2)c1. The summed E-state index contributed by atoms with van der Waals surface area (Å²) < 4.78 is 10.2. The molecular weight excluding hydrogens is 330 g/mol. The van der Waals surface area contributed by atoms with Crippen LogP contribution in [0.15, 0.2) is 36.4 Å². The van der Waals surface area contributed by atoms with Crippen LogP contribution in [0.25, 0.3) is 0 Å². The minimum absolute atomic E-state index is 0.0948. The van der Waals surface area contributed by atoms with Crippen molar-refractivity contribution in [1.82, 2.24) is 0 Å². The molecule has 5 nitrogen and oxygen atoms in total. The second-order valence-electron chi connectivity index (χ2n) is 6.10. The van der Waals surface area contributed by atoms with E-state index >= 15 is 0 Å². The Labute approximate surface area is 154 Å². The minimum atomic E-state index is -0.392. The van der Waals surface area contributed by atoms with Crippen molar-refractivity contribution < 1.29 is 19.1 Å². The predicted molar refractivity (Wildman–Crippen MR) is 102 cm³/mol. The molecule has 0 unspecified atom stereocenters. The van der Waals surface area contributed by atoms with Crippen LogP contribution >= 0.6 is 0 Å². The Hall–Kier alpha value is -2.82. The van der Waals surface area contributed by atoms with Crippen molar-refractivity contribution in [3.8, 4) is 5.75 Å². The van der Waals surface area contributed by atoms with Crippen LogP contribution in [0.4, 0.5) is 5.69 Å². The van der Waals surface area contributed by atoms with Gasteiger partial charge in [0.2, 0.25) is 5.91 Å². The molecule has 0 aliphatic rings. The van der Waals surface area contributed by atoms with Crippen LogP contribution in [-0.4, -0.2) is 25.6 Å². The average molecular weight is 355 g/mol. The van der Waals surface area contributed by atoms with Gasteiger partial charge in [-0.05, 0) is 62.1 Å². The molecule has 0 aromatic heterocycles. The number of methoxy groups -OCH3 is 1. The monoisotopic (exact) mass is 355 g/mol. The third-order valence-electron chi connectivity index (χ3n) is 4.12. The molecule has 5 heteroatoms. The van der Waals surface area contributed by atoms with Crippen LogP contribution in [0.2, 0.25) is 0 Å². The van der Waals surface area contributed by atoms with Gasteiger partial charge in [0.25, 0.3) is 0 Å². The molecule has 0 radical (unpaired) electrons. The fourth-order valence-corrected chi connectivity index (χ4v) is 2.66. The van der Waals surface area contributed by atoms with Crippen molar-refractivity contribution in [3.05, 3.63) is 58.7 Å². The van der Waals surface area contributed by atoms with Crippen LogP contribution in [-0.2, 0) is 16.0 Å². The van der Waals surface area contributed by atoms with Gasteiger partial charge in [-0.25, -0.2) is 4.79 Å². The second-order valence-corrected chi connectivity index (χ2v) is 6.10. The van der Waals surface area contributed by atoms with Gasteiger partial charge in [-0.15, -0.1) is 0 Å². The number of anilines is 1. The molecule has 0 spiro atoms. The molecule has 0 heterocycles. The molecule has 0 bridgehead atoms. The summed E-state index contributed by atoms with van der Waals surface area (Å²) in [5.41, 5.74) is 4.08. The van der Waals surface area contributed by atoms with E-state index in [1.54, 1.807) is 32.2 Å². The number of carbonyl (C=O) groups excluding carboxylic acids is 2. The summed E-state index contributed by atoms with van der Waals surface area (Å²) in [6, 6.07) is 11.1. The average Bonchev–Trinajstić information content (AvgIpc) is 2.62. The van der Waals surface area contributed by atoms with Gasteiger partial charge in [0.05, 0.1) is 19.3 Å². The quantitative estimate of drug-likeness (QED) is 0.761. The lowest BCUT2D eigenvalue weighted by Crippen LogP contribution is -2.14.